The predicted octanol–water partition coefficient (Wildman–Crippen LogP) is 17.7. The number of anilines is 3. The lowest BCUT2D eigenvalue weighted by atomic mass is 9.80. The van der Waals surface area contributed by atoms with E-state index in [0.29, 0.717) is 44.8 Å². The number of esters is 1. The summed E-state index contributed by atoms with van der Waals surface area (Å²) < 4.78 is 4.80. The van der Waals surface area contributed by atoms with E-state index < -0.39 is 11.9 Å². The number of carboxylic acid groups (broad SMARTS) is 2. The van der Waals surface area contributed by atoms with Crippen molar-refractivity contribution >= 4 is 97.6 Å². The number of carbonyl (C=O) groups excluding carboxylic acids is 4. The third-order valence-corrected chi connectivity index (χ3v) is 17.5. The van der Waals surface area contributed by atoms with Crippen LogP contribution in [0, 0.1) is 87.3 Å². The molecule has 0 bridgehead atoms. The van der Waals surface area contributed by atoms with Crippen LogP contribution in [-0.2, 0) is 19.1 Å². The van der Waals surface area contributed by atoms with Gasteiger partial charge in [-0.25, -0.2) is 14.4 Å². The molecule has 12 nitrogen and oxygen atoms in total. The first-order valence-electron chi connectivity index (χ1n) is 29.8. The summed E-state index contributed by atoms with van der Waals surface area (Å²) in [5, 5.41) is 22.5. The Morgan fingerprint density at radius 1 is 0.558 bits per heavy atom. The number of carbonyl (C=O) groups is 6. The van der Waals surface area contributed by atoms with Crippen molar-refractivity contribution < 1.29 is 43.7 Å². The minimum atomic E-state index is -1.02. The maximum Gasteiger partial charge on any atom is 0.350 e. The number of ether oxygens (including phenoxy) is 1. The molecular formula is C70H96ClN3O9S3. The Hall–Kier alpha value is -5.89. The highest BCUT2D eigenvalue weighted by molar-refractivity contribution is 7.15. The number of aromatic carboxylic acids is 2. The van der Waals surface area contributed by atoms with E-state index in [2.05, 4.69) is 121 Å². The number of carboxylic acids is 2. The molecule has 2 amide bonds. The van der Waals surface area contributed by atoms with E-state index in [1.54, 1.807) is 21.9 Å². The van der Waals surface area contributed by atoms with Crippen LogP contribution in [0.2, 0.25) is 0 Å². The van der Waals surface area contributed by atoms with E-state index in [0.717, 1.165) is 58.9 Å². The van der Waals surface area contributed by atoms with Gasteiger partial charge in [0.25, 0.3) is 0 Å². The summed E-state index contributed by atoms with van der Waals surface area (Å²) in [6, 6.07) is 5.42. The molecule has 0 aromatic carbocycles. The highest BCUT2D eigenvalue weighted by Crippen LogP contribution is 2.39. The number of methoxy groups -OCH3 is 1. The normalized spacial score (nSPS) is 19.2. The van der Waals surface area contributed by atoms with E-state index in [1.165, 1.54) is 35.2 Å². The van der Waals surface area contributed by atoms with E-state index >= 15 is 0 Å². The predicted molar refractivity (Wildman–Crippen MR) is 359 cm³/mol. The number of rotatable bonds is 12. The second-order valence-corrected chi connectivity index (χ2v) is 30.6. The van der Waals surface area contributed by atoms with Gasteiger partial charge in [0, 0.05) is 52.1 Å². The van der Waals surface area contributed by atoms with Gasteiger partial charge in [0.2, 0.25) is 17.1 Å². The minimum absolute atomic E-state index is 0.00174. The van der Waals surface area contributed by atoms with Gasteiger partial charge in [0.05, 0.1) is 38.8 Å². The van der Waals surface area contributed by atoms with Crippen LogP contribution >= 0.6 is 45.6 Å². The standard InChI is InChI=1S/2C23H31NO3S.C15H21NO2S.C9H13ClO/c2*1-14(2)24(21(25)18-9-8-15(3)12-16(18)4)19-13-17(10-11-23(5,6)7)28-20(19)22(26)27;1-10(2)16-12-9-11(7-8-15(3,4)5)19-13(12)14(17)18-6;1-6-3-4-8(9(10)11)7(2)5-6/h2*8,13-14,16,18H,9,12H2,1-7H3,(H,26,27);9-10,16H,1-6H3;3,7-8H,4-5H2,1-2H3/t16-,18+;16-,18-;;7-,8-/m11.1/s1. The van der Waals surface area contributed by atoms with Crippen LogP contribution in [0.5, 0.6) is 0 Å². The second kappa shape index (κ2) is 32.4. The van der Waals surface area contributed by atoms with E-state index in [1.807, 2.05) is 89.2 Å². The Morgan fingerprint density at radius 2 is 0.872 bits per heavy atom. The molecule has 0 radical (unpaired) electrons. The van der Waals surface area contributed by atoms with Crippen LogP contribution in [0.25, 0.3) is 0 Å². The molecule has 0 fully saturated rings. The lowest BCUT2D eigenvalue weighted by molar-refractivity contribution is -0.125. The zero-order chi connectivity index (χ0) is 65.5. The van der Waals surface area contributed by atoms with Gasteiger partial charge < -0.3 is 30.1 Å². The van der Waals surface area contributed by atoms with Crippen LogP contribution in [0.1, 0.15) is 228 Å². The number of allylic oxidation sites excluding steroid dienone is 6. The van der Waals surface area contributed by atoms with Crippen LogP contribution in [0.4, 0.5) is 17.1 Å². The Kier molecular flexibility index (Phi) is 28.0. The lowest BCUT2D eigenvalue weighted by Crippen LogP contribution is -2.44. The number of hydrogen-bond donors (Lipinski definition) is 3. The fourth-order valence-electron chi connectivity index (χ4n) is 9.96. The van der Waals surface area contributed by atoms with Gasteiger partial charge in [0.15, 0.2) is 0 Å². The number of amides is 2. The average Bonchev–Trinajstić information content (AvgIpc) is 2.11. The maximum absolute atomic E-state index is 13.4. The quantitative estimate of drug-likeness (QED) is 0.0686. The zero-order valence-electron chi connectivity index (χ0n) is 55.2. The largest absolute Gasteiger partial charge is 0.477 e. The third-order valence-electron chi connectivity index (χ3n) is 14.1. The average molecular weight is 1260 g/mol. The molecule has 0 aliphatic heterocycles. The Balaban J connectivity index is 0.000000315. The smallest absolute Gasteiger partial charge is 0.350 e. The van der Waals surface area contributed by atoms with Gasteiger partial charge in [0.1, 0.15) is 14.6 Å². The van der Waals surface area contributed by atoms with Gasteiger partial charge in [-0.1, -0.05) is 91.2 Å². The van der Waals surface area contributed by atoms with E-state index in [-0.39, 0.29) is 96.7 Å². The summed E-state index contributed by atoms with van der Waals surface area (Å²) >= 11 is 9.08. The summed E-state index contributed by atoms with van der Waals surface area (Å²) in [6.45, 7) is 42.6. The Labute approximate surface area is 532 Å². The molecule has 3 heterocycles. The van der Waals surface area contributed by atoms with Crippen LogP contribution < -0.4 is 15.1 Å². The molecular weight excluding hydrogens is 1160 g/mol. The molecule has 6 atom stereocenters. The molecule has 0 saturated carbocycles. The van der Waals surface area contributed by atoms with E-state index in [4.69, 9.17) is 16.3 Å². The molecule has 16 heteroatoms. The molecule has 3 aliphatic carbocycles. The van der Waals surface area contributed by atoms with Crippen molar-refractivity contribution in [1.29, 1.82) is 0 Å². The molecule has 0 unspecified atom stereocenters. The second-order valence-electron chi connectivity index (χ2n) is 27.0. The van der Waals surface area contributed by atoms with Gasteiger partial charge in [-0.2, -0.15) is 0 Å². The Morgan fingerprint density at radius 3 is 1.14 bits per heavy atom. The fourth-order valence-corrected chi connectivity index (χ4v) is 12.8. The van der Waals surface area contributed by atoms with Crippen molar-refractivity contribution in [3.63, 3.8) is 0 Å². The third kappa shape index (κ3) is 23.3. The van der Waals surface area contributed by atoms with Crippen molar-refractivity contribution in [3.8, 4) is 35.5 Å². The number of hydrogen-bond acceptors (Lipinski definition) is 11. The monoisotopic (exact) mass is 1250 g/mol. The molecule has 3 aromatic rings. The summed E-state index contributed by atoms with van der Waals surface area (Å²) in [6.07, 6.45) is 11.4. The highest BCUT2D eigenvalue weighted by Gasteiger charge is 2.37. The zero-order valence-corrected chi connectivity index (χ0v) is 58.4. The van der Waals surface area contributed by atoms with Crippen LogP contribution in [0.15, 0.2) is 53.1 Å². The number of halogens is 1. The SMILES string of the molecule is CC1=CC[C@@H](C(=O)Cl)[C@H](C)C1.CC1=CC[C@@H](C(=O)N(c2cc(C#CC(C)(C)C)sc2C(=O)O)C(C)C)[C@H](C)C1.CC1=CC[C@H](C(=O)N(c2cc(C#CC(C)(C)C)sc2C(=O)O)C(C)C)[C@H](C)C1.COC(=O)c1sc(C#CC(C)(C)C)cc1NC(C)C. The minimum Gasteiger partial charge on any atom is -0.477 e. The van der Waals surface area contributed by atoms with Crippen molar-refractivity contribution in [1.82, 2.24) is 0 Å². The fraction of sp³-hybridized carbons (Fsp3) is 0.571. The molecule has 86 heavy (non-hydrogen) atoms. The first-order chi connectivity index (χ1) is 39.6. The first-order valence-corrected chi connectivity index (χ1v) is 32.6. The summed E-state index contributed by atoms with van der Waals surface area (Å²) in [5.74, 6) is 17.1. The maximum atomic E-state index is 13.4. The van der Waals surface area contributed by atoms with Crippen molar-refractivity contribution in [2.45, 2.75) is 202 Å². The van der Waals surface area contributed by atoms with Crippen molar-refractivity contribution in [2.24, 2.45) is 51.8 Å². The lowest BCUT2D eigenvalue weighted by Gasteiger charge is -2.34. The van der Waals surface area contributed by atoms with Crippen molar-refractivity contribution in [2.75, 3.05) is 22.2 Å². The van der Waals surface area contributed by atoms with Crippen LogP contribution in [-0.4, -0.2) is 70.4 Å². The summed E-state index contributed by atoms with van der Waals surface area (Å²) in [7, 11) is 1.39. The number of thiophene rings is 3. The molecule has 0 saturated heterocycles. The van der Waals surface area contributed by atoms with Crippen LogP contribution in [0.3, 0.4) is 0 Å². The summed E-state index contributed by atoms with van der Waals surface area (Å²) in [5.41, 5.74) is 5.33. The number of nitrogens with one attached hydrogen (secondary N) is 1. The molecule has 3 aliphatic rings. The molecule has 6 rings (SSSR count). The van der Waals surface area contributed by atoms with Gasteiger partial charge >= 0.3 is 17.9 Å². The molecule has 3 N–H and O–H groups in total. The van der Waals surface area contributed by atoms with Gasteiger partial charge in [-0.05, 0) is 211 Å². The Bertz CT molecular complexity index is 3060. The molecule has 470 valence electrons. The number of nitrogens with zero attached hydrogens (tertiary/aromatic N) is 2. The van der Waals surface area contributed by atoms with Gasteiger partial charge in [-0.3, -0.25) is 14.4 Å². The molecule has 0 spiro atoms. The molecule has 3 aromatic heterocycles. The van der Waals surface area contributed by atoms with Crippen molar-refractivity contribution in [3.05, 3.63) is 82.4 Å². The summed E-state index contributed by atoms with van der Waals surface area (Å²) in [4.78, 5) is 79.7. The van der Waals surface area contributed by atoms with Gasteiger partial charge in [-0.15, -0.1) is 34.0 Å². The van der Waals surface area contributed by atoms with E-state index in [9.17, 15) is 39.0 Å². The topological polar surface area (TPSA) is 171 Å². The first kappa shape index (κ1) is 74.4. The highest BCUT2D eigenvalue weighted by atomic mass is 35.5.